The summed E-state index contributed by atoms with van der Waals surface area (Å²) in [7, 11) is 0. The predicted molar refractivity (Wildman–Crippen MR) is 89.8 cm³/mol. The Bertz CT molecular complexity index is 362. The van der Waals surface area contributed by atoms with Crippen LogP contribution in [0, 0.1) is 0 Å². The number of hydrogen-bond acceptors (Lipinski definition) is 3. The highest BCUT2D eigenvalue weighted by molar-refractivity contribution is 8.00. The molecule has 0 saturated heterocycles. The number of carbonyl (C=O) groups excluding carboxylic acids is 1. The fourth-order valence-corrected chi connectivity index (χ4v) is 2.68. The zero-order valence-electron chi connectivity index (χ0n) is 12.2. The summed E-state index contributed by atoms with van der Waals surface area (Å²) >= 11 is 1.63. The monoisotopic (exact) mass is 316 g/mol. The lowest BCUT2D eigenvalue weighted by Gasteiger charge is -2.14. The first-order chi connectivity index (χ1) is 9.27. The topological polar surface area (TPSA) is 41.1 Å². The van der Waals surface area contributed by atoms with Gasteiger partial charge in [-0.05, 0) is 31.5 Å². The third-order valence-corrected chi connectivity index (χ3v) is 4.09. The molecule has 0 radical (unpaired) electrons. The van der Waals surface area contributed by atoms with E-state index in [1.54, 1.807) is 11.8 Å². The Morgan fingerprint density at radius 2 is 1.85 bits per heavy atom. The number of benzene rings is 1. The average molecular weight is 317 g/mol. The smallest absolute Gasteiger partial charge is 0.233 e. The van der Waals surface area contributed by atoms with Gasteiger partial charge in [0.2, 0.25) is 5.91 Å². The van der Waals surface area contributed by atoms with E-state index in [1.165, 1.54) is 0 Å². The maximum absolute atomic E-state index is 12.1. The summed E-state index contributed by atoms with van der Waals surface area (Å²) in [5.74, 6) is 0.134. The first-order valence-corrected chi connectivity index (χ1v) is 7.86. The maximum Gasteiger partial charge on any atom is 0.233 e. The van der Waals surface area contributed by atoms with Crippen molar-refractivity contribution in [1.82, 2.24) is 10.6 Å². The molecule has 1 atom stereocenters. The lowest BCUT2D eigenvalue weighted by molar-refractivity contribution is -0.120. The minimum atomic E-state index is -0.00595. The largest absolute Gasteiger partial charge is 0.354 e. The van der Waals surface area contributed by atoms with Gasteiger partial charge < -0.3 is 10.6 Å². The molecule has 5 heteroatoms. The summed E-state index contributed by atoms with van der Waals surface area (Å²) in [6.07, 6.45) is 1.96. The number of halogens is 1. The molecule has 1 amide bonds. The van der Waals surface area contributed by atoms with Crippen LogP contribution in [0.15, 0.2) is 35.2 Å². The van der Waals surface area contributed by atoms with Gasteiger partial charge in [-0.1, -0.05) is 32.0 Å². The molecule has 0 saturated carbocycles. The van der Waals surface area contributed by atoms with Crippen LogP contribution in [0.5, 0.6) is 0 Å². The molecule has 0 bridgehead atoms. The molecule has 0 heterocycles. The van der Waals surface area contributed by atoms with Gasteiger partial charge in [-0.2, -0.15) is 0 Å². The predicted octanol–water partition coefficient (Wildman–Crippen LogP) is 3.09. The van der Waals surface area contributed by atoms with Crippen LogP contribution in [0.2, 0.25) is 0 Å². The van der Waals surface area contributed by atoms with Crippen LogP contribution < -0.4 is 10.6 Å². The molecule has 2 N–H and O–H groups in total. The van der Waals surface area contributed by atoms with Crippen LogP contribution in [0.4, 0.5) is 0 Å². The van der Waals surface area contributed by atoms with Crippen molar-refractivity contribution in [2.45, 2.75) is 36.8 Å². The van der Waals surface area contributed by atoms with Crippen molar-refractivity contribution in [2.24, 2.45) is 0 Å². The first-order valence-electron chi connectivity index (χ1n) is 6.98. The molecule has 0 aliphatic rings. The summed E-state index contributed by atoms with van der Waals surface area (Å²) in [5.41, 5.74) is 0. The first kappa shape index (κ1) is 19.3. The van der Waals surface area contributed by atoms with Gasteiger partial charge in [0.25, 0.3) is 0 Å². The van der Waals surface area contributed by atoms with Crippen molar-refractivity contribution in [1.29, 1.82) is 0 Å². The van der Waals surface area contributed by atoms with Gasteiger partial charge in [0, 0.05) is 18.0 Å². The Kier molecular flexibility index (Phi) is 11.6. The van der Waals surface area contributed by atoms with E-state index in [9.17, 15) is 4.79 Å². The zero-order valence-corrected chi connectivity index (χ0v) is 13.9. The van der Waals surface area contributed by atoms with Crippen LogP contribution in [-0.2, 0) is 4.79 Å². The van der Waals surface area contributed by atoms with E-state index >= 15 is 0 Å². The summed E-state index contributed by atoms with van der Waals surface area (Å²) in [5, 5.41) is 6.26. The van der Waals surface area contributed by atoms with Crippen LogP contribution >= 0.6 is 24.2 Å². The third-order valence-electron chi connectivity index (χ3n) is 2.71. The number of hydrogen-bond donors (Lipinski definition) is 2. The standard InChI is InChI=1S/C15H24N2OS.ClH/c1-3-10-16-11-12-17-15(18)14(4-2)19-13-8-6-5-7-9-13;/h5-9,14,16H,3-4,10-12H2,1-2H3,(H,17,18);1H. The van der Waals surface area contributed by atoms with Crippen LogP contribution in [0.1, 0.15) is 26.7 Å². The van der Waals surface area contributed by atoms with Crippen molar-refractivity contribution in [3.63, 3.8) is 0 Å². The average Bonchev–Trinajstić information content (AvgIpc) is 2.45. The Labute approximate surface area is 132 Å². The fraction of sp³-hybridized carbons (Fsp3) is 0.533. The molecule has 0 aliphatic carbocycles. The molecular formula is C15H25ClN2OS. The lowest BCUT2D eigenvalue weighted by Crippen LogP contribution is -2.37. The lowest BCUT2D eigenvalue weighted by atomic mass is 10.3. The maximum atomic E-state index is 12.1. The van der Waals surface area contributed by atoms with E-state index < -0.39 is 0 Å². The quantitative estimate of drug-likeness (QED) is 0.543. The Hall–Kier alpha value is -0.710. The SMILES string of the molecule is CCCNCCNC(=O)C(CC)Sc1ccccc1.Cl. The molecule has 0 aliphatic heterocycles. The van der Waals surface area contributed by atoms with E-state index in [1.807, 2.05) is 30.3 Å². The highest BCUT2D eigenvalue weighted by Crippen LogP contribution is 2.24. The minimum Gasteiger partial charge on any atom is -0.354 e. The number of amides is 1. The van der Waals surface area contributed by atoms with E-state index in [2.05, 4.69) is 24.5 Å². The summed E-state index contributed by atoms with van der Waals surface area (Å²) in [6.45, 7) is 6.73. The molecule has 0 spiro atoms. The highest BCUT2D eigenvalue weighted by Gasteiger charge is 2.16. The van der Waals surface area contributed by atoms with Gasteiger partial charge in [-0.25, -0.2) is 0 Å². The molecule has 114 valence electrons. The van der Waals surface area contributed by atoms with Crippen molar-refractivity contribution < 1.29 is 4.79 Å². The number of rotatable bonds is 9. The van der Waals surface area contributed by atoms with Crippen molar-refractivity contribution in [3.8, 4) is 0 Å². The van der Waals surface area contributed by atoms with Crippen molar-refractivity contribution in [2.75, 3.05) is 19.6 Å². The zero-order chi connectivity index (χ0) is 13.9. The summed E-state index contributed by atoms with van der Waals surface area (Å²) in [6, 6.07) is 10.1. The van der Waals surface area contributed by atoms with Crippen molar-refractivity contribution >= 4 is 30.1 Å². The molecule has 1 unspecified atom stereocenters. The molecule has 1 aromatic carbocycles. The molecule has 1 rings (SSSR count). The van der Waals surface area contributed by atoms with Crippen LogP contribution in [0.3, 0.4) is 0 Å². The summed E-state index contributed by atoms with van der Waals surface area (Å²) < 4.78 is 0. The van der Waals surface area contributed by atoms with Gasteiger partial charge >= 0.3 is 0 Å². The minimum absolute atomic E-state index is 0. The normalized spacial score (nSPS) is 11.5. The second-order valence-corrected chi connectivity index (χ2v) is 5.64. The van der Waals surface area contributed by atoms with E-state index in [0.717, 1.165) is 30.8 Å². The van der Waals surface area contributed by atoms with Crippen LogP contribution in [-0.4, -0.2) is 30.8 Å². The van der Waals surface area contributed by atoms with Crippen LogP contribution in [0.25, 0.3) is 0 Å². The number of thioether (sulfide) groups is 1. The number of nitrogens with one attached hydrogen (secondary N) is 2. The molecule has 0 aromatic heterocycles. The molecule has 1 aromatic rings. The van der Waals surface area contributed by atoms with Gasteiger partial charge in [-0.3, -0.25) is 4.79 Å². The van der Waals surface area contributed by atoms with Gasteiger partial charge in [-0.15, -0.1) is 24.2 Å². The fourth-order valence-electron chi connectivity index (χ4n) is 1.68. The van der Waals surface area contributed by atoms with E-state index in [4.69, 9.17) is 0 Å². The Morgan fingerprint density at radius 1 is 1.15 bits per heavy atom. The van der Waals surface area contributed by atoms with E-state index in [0.29, 0.717) is 6.54 Å². The number of carbonyl (C=O) groups is 1. The Balaban J connectivity index is 0.00000361. The van der Waals surface area contributed by atoms with Crippen molar-refractivity contribution in [3.05, 3.63) is 30.3 Å². The Morgan fingerprint density at radius 3 is 2.45 bits per heavy atom. The highest BCUT2D eigenvalue weighted by atomic mass is 35.5. The molecule has 3 nitrogen and oxygen atoms in total. The molecule has 20 heavy (non-hydrogen) atoms. The third kappa shape index (κ3) is 7.78. The van der Waals surface area contributed by atoms with Gasteiger partial charge in [0.1, 0.15) is 0 Å². The second kappa shape index (κ2) is 12.1. The van der Waals surface area contributed by atoms with Gasteiger partial charge in [0.15, 0.2) is 0 Å². The molecular weight excluding hydrogens is 292 g/mol. The second-order valence-electron chi connectivity index (χ2n) is 4.37. The molecule has 0 fully saturated rings. The van der Waals surface area contributed by atoms with E-state index in [-0.39, 0.29) is 23.6 Å². The van der Waals surface area contributed by atoms with Gasteiger partial charge in [0.05, 0.1) is 5.25 Å². The summed E-state index contributed by atoms with van der Waals surface area (Å²) in [4.78, 5) is 13.2.